The fourth-order valence-electron chi connectivity index (χ4n) is 3.13. The molecular formula is C22H19F2NO5. The number of ketones is 1. The molecule has 0 aliphatic heterocycles. The zero-order valence-electron chi connectivity index (χ0n) is 16.3. The number of fused-ring (bicyclic) bond motifs is 1. The van der Waals surface area contributed by atoms with Gasteiger partial charge in [-0.3, -0.25) is 4.79 Å². The van der Waals surface area contributed by atoms with Crippen molar-refractivity contribution in [3.8, 4) is 5.75 Å². The molecule has 1 N–H and O–H groups in total. The van der Waals surface area contributed by atoms with E-state index in [2.05, 4.69) is 4.74 Å². The van der Waals surface area contributed by atoms with Crippen LogP contribution in [0.15, 0.2) is 48.7 Å². The Morgan fingerprint density at radius 2 is 1.97 bits per heavy atom. The Labute approximate surface area is 170 Å². The van der Waals surface area contributed by atoms with Crippen LogP contribution >= 0.6 is 0 Å². The largest absolute Gasteiger partial charge is 0.507 e. The Morgan fingerprint density at radius 1 is 1.20 bits per heavy atom. The molecule has 3 rings (SSSR count). The molecule has 0 amide bonds. The molecule has 0 aliphatic carbocycles. The zero-order valence-corrected chi connectivity index (χ0v) is 16.3. The Bertz CT molecular complexity index is 1150. The number of hydrogen-bond donors (Lipinski definition) is 1. The SMILES string of the molecule is CCOC(=O)C(=O)/C=C(/O)c1cn(Cc2cc(F)ccc2F)c2cccc(OC)c12. The molecule has 0 unspecified atom stereocenters. The van der Waals surface area contributed by atoms with Crippen LogP contribution in [0.1, 0.15) is 18.1 Å². The maximum Gasteiger partial charge on any atom is 0.379 e. The fourth-order valence-corrected chi connectivity index (χ4v) is 3.13. The maximum absolute atomic E-state index is 14.1. The summed E-state index contributed by atoms with van der Waals surface area (Å²) in [4.78, 5) is 23.5. The van der Waals surface area contributed by atoms with E-state index in [1.165, 1.54) is 13.3 Å². The molecule has 30 heavy (non-hydrogen) atoms. The van der Waals surface area contributed by atoms with Gasteiger partial charge in [-0.2, -0.15) is 0 Å². The maximum atomic E-state index is 14.1. The molecule has 156 valence electrons. The zero-order chi connectivity index (χ0) is 21.8. The number of carbonyl (C=O) groups excluding carboxylic acids is 2. The van der Waals surface area contributed by atoms with Crippen LogP contribution in [-0.4, -0.2) is 35.1 Å². The number of methoxy groups -OCH3 is 1. The van der Waals surface area contributed by atoms with E-state index in [1.807, 2.05) is 0 Å². The molecule has 0 saturated heterocycles. The summed E-state index contributed by atoms with van der Waals surface area (Å²) in [6.07, 6.45) is 2.23. The second-order valence-electron chi connectivity index (χ2n) is 6.38. The molecule has 0 fully saturated rings. The van der Waals surface area contributed by atoms with Crippen LogP contribution in [0, 0.1) is 11.6 Å². The van der Waals surface area contributed by atoms with Crippen molar-refractivity contribution in [2.75, 3.05) is 13.7 Å². The normalized spacial score (nSPS) is 11.5. The standard InChI is InChI=1S/C22H19F2NO5/c1-3-30-22(28)19(27)10-18(26)15-12-25(11-13-9-14(23)7-8-16(13)24)17-5-4-6-20(29-2)21(15)17/h4-10,12,26H,3,11H2,1-2H3/b18-10+. The lowest BCUT2D eigenvalue weighted by Gasteiger charge is -2.08. The van der Waals surface area contributed by atoms with Crippen LogP contribution in [0.3, 0.4) is 0 Å². The van der Waals surface area contributed by atoms with Crippen molar-refractivity contribution < 1.29 is 33.0 Å². The molecule has 1 heterocycles. The number of aliphatic hydroxyl groups excluding tert-OH is 1. The van der Waals surface area contributed by atoms with Gasteiger partial charge in [0, 0.05) is 23.4 Å². The van der Waals surface area contributed by atoms with Crippen molar-refractivity contribution >= 4 is 28.4 Å². The van der Waals surface area contributed by atoms with Crippen molar-refractivity contribution in [1.82, 2.24) is 4.57 Å². The third kappa shape index (κ3) is 4.17. The number of rotatable bonds is 7. The molecule has 0 atom stereocenters. The van der Waals surface area contributed by atoms with E-state index in [9.17, 15) is 23.5 Å². The Hall–Kier alpha value is -3.68. The second-order valence-corrected chi connectivity index (χ2v) is 6.38. The highest BCUT2D eigenvalue weighted by molar-refractivity contribution is 6.39. The smallest absolute Gasteiger partial charge is 0.379 e. The summed E-state index contributed by atoms with van der Waals surface area (Å²) in [5.74, 6) is -3.38. The van der Waals surface area contributed by atoms with Crippen LogP contribution in [0.25, 0.3) is 16.7 Å². The Balaban J connectivity index is 2.12. The molecule has 0 radical (unpaired) electrons. The van der Waals surface area contributed by atoms with Gasteiger partial charge in [-0.15, -0.1) is 0 Å². The molecule has 0 spiro atoms. The van der Waals surface area contributed by atoms with Crippen LogP contribution in [0.4, 0.5) is 8.78 Å². The lowest BCUT2D eigenvalue weighted by Crippen LogP contribution is -2.15. The monoisotopic (exact) mass is 415 g/mol. The van der Waals surface area contributed by atoms with Gasteiger partial charge in [0.25, 0.3) is 5.78 Å². The van der Waals surface area contributed by atoms with Crippen LogP contribution in [-0.2, 0) is 20.9 Å². The van der Waals surface area contributed by atoms with Crippen molar-refractivity contribution in [1.29, 1.82) is 0 Å². The summed E-state index contributed by atoms with van der Waals surface area (Å²) in [7, 11) is 1.44. The van der Waals surface area contributed by atoms with E-state index in [-0.39, 0.29) is 24.3 Å². The minimum atomic E-state index is -1.10. The van der Waals surface area contributed by atoms with Gasteiger partial charge in [0.05, 0.1) is 31.2 Å². The second kappa shape index (κ2) is 8.77. The number of carbonyl (C=O) groups is 2. The minimum Gasteiger partial charge on any atom is -0.507 e. The molecule has 3 aromatic rings. The third-order valence-corrected chi connectivity index (χ3v) is 4.46. The highest BCUT2D eigenvalue weighted by Gasteiger charge is 2.20. The lowest BCUT2D eigenvalue weighted by molar-refractivity contribution is -0.151. The van der Waals surface area contributed by atoms with Crippen molar-refractivity contribution in [2.45, 2.75) is 13.5 Å². The average Bonchev–Trinajstić information content (AvgIpc) is 3.09. The number of ether oxygens (including phenoxy) is 2. The van der Waals surface area contributed by atoms with E-state index in [0.717, 1.165) is 24.3 Å². The van der Waals surface area contributed by atoms with Gasteiger partial charge in [-0.1, -0.05) is 6.07 Å². The summed E-state index contributed by atoms with van der Waals surface area (Å²) in [6, 6.07) is 8.21. The minimum absolute atomic E-state index is 0.0194. The van der Waals surface area contributed by atoms with Crippen molar-refractivity contribution in [2.24, 2.45) is 0 Å². The molecule has 0 aliphatic rings. The quantitative estimate of drug-likeness (QED) is 0.273. The number of aliphatic hydroxyl groups is 1. The lowest BCUT2D eigenvalue weighted by atomic mass is 10.1. The van der Waals surface area contributed by atoms with Gasteiger partial charge in [0.15, 0.2) is 0 Å². The Morgan fingerprint density at radius 3 is 2.67 bits per heavy atom. The highest BCUT2D eigenvalue weighted by Crippen LogP contribution is 2.34. The van der Waals surface area contributed by atoms with Crippen molar-refractivity contribution in [3.05, 3.63) is 71.4 Å². The third-order valence-electron chi connectivity index (χ3n) is 4.46. The summed E-state index contributed by atoms with van der Waals surface area (Å²) in [5, 5.41) is 11.0. The average molecular weight is 415 g/mol. The number of hydrogen-bond acceptors (Lipinski definition) is 5. The van der Waals surface area contributed by atoms with Gasteiger partial charge < -0.3 is 19.1 Å². The molecule has 1 aromatic heterocycles. The molecule has 8 heteroatoms. The van der Waals surface area contributed by atoms with Gasteiger partial charge in [-0.25, -0.2) is 13.6 Å². The number of halogens is 2. The number of esters is 1. The first-order valence-corrected chi connectivity index (χ1v) is 9.07. The number of benzene rings is 2. The summed E-state index contributed by atoms with van der Waals surface area (Å²) >= 11 is 0. The van der Waals surface area contributed by atoms with E-state index < -0.39 is 29.1 Å². The molecule has 0 saturated carbocycles. The Kier molecular flexibility index (Phi) is 6.15. The topological polar surface area (TPSA) is 77.8 Å². The molecular weight excluding hydrogens is 396 g/mol. The van der Waals surface area contributed by atoms with Crippen LogP contribution < -0.4 is 4.74 Å². The predicted molar refractivity (Wildman–Crippen MR) is 106 cm³/mol. The number of nitrogens with zero attached hydrogens (tertiary/aromatic N) is 1. The van der Waals surface area contributed by atoms with Gasteiger partial charge >= 0.3 is 5.97 Å². The van der Waals surface area contributed by atoms with E-state index in [0.29, 0.717) is 16.7 Å². The van der Waals surface area contributed by atoms with Crippen molar-refractivity contribution in [3.63, 3.8) is 0 Å². The highest BCUT2D eigenvalue weighted by atomic mass is 19.1. The van der Waals surface area contributed by atoms with E-state index >= 15 is 0 Å². The van der Waals surface area contributed by atoms with Crippen LogP contribution in [0.5, 0.6) is 5.75 Å². The first kappa shape index (κ1) is 21.0. The number of aromatic nitrogens is 1. The summed E-state index contributed by atoms with van der Waals surface area (Å²) in [5.41, 5.74) is 0.848. The first-order valence-electron chi connectivity index (χ1n) is 9.07. The van der Waals surface area contributed by atoms with Gasteiger partial charge in [0.2, 0.25) is 0 Å². The predicted octanol–water partition coefficient (Wildman–Crippen LogP) is 4.01. The summed E-state index contributed by atoms with van der Waals surface area (Å²) in [6.45, 7) is 1.54. The van der Waals surface area contributed by atoms with Crippen LogP contribution in [0.2, 0.25) is 0 Å². The van der Waals surface area contributed by atoms with Gasteiger partial charge in [0.1, 0.15) is 23.1 Å². The van der Waals surface area contributed by atoms with Gasteiger partial charge in [-0.05, 0) is 37.3 Å². The molecule has 2 aromatic carbocycles. The molecule has 6 nitrogen and oxygen atoms in total. The van der Waals surface area contributed by atoms with E-state index in [1.54, 1.807) is 29.7 Å². The van der Waals surface area contributed by atoms with E-state index in [4.69, 9.17) is 4.74 Å². The first-order chi connectivity index (χ1) is 14.3. The molecule has 0 bridgehead atoms. The fraction of sp³-hybridized carbons (Fsp3) is 0.182. The summed E-state index contributed by atoms with van der Waals surface area (Å²) < 4.78 is 39.3.